The van der Waals surface area contributed by atoms with Crippen molar-refractivity contribution in [3.8, 4) is 0 Å². The summed E-state index contributed by atoms with van der Waals surface area (Å²) in [6.07, 6.45) is 3.12. The van der Waals surface area contributed by atoms with Gasteiger partial charge in [-0.15, -0.1) is 0 Å². The molecule has 38 heavy (non-hydrogen) atoms. The number of rotatable bonds is 5. The fraction of sp³-hybridized carbons (Fsp3) is 0.286. The van der Waals surface area contributed by atoms with E-state index in [-0.39, 0.29) is 17.7 Å². The van der Waals surface area contributed by atoms with E-state index < -0.39 is 0 Å². The number of anilines is 2. The summed E-state index contributed by atoms with van der Waals surface area (Å²) in [7, 11) is 0. The summed E-state index contributed by atoms with van der Waals surface area (Å²) in [6, 6.07) is 15.8. The number of carbonyl (C=O) groups is 3. The number of carbonyl (C=O) groups excluding carboxylic acids is 3. The van der Waals surface area contributed by atoms with Crippen molar-refractivity contribution in [3.05, 3.63) is 88.7 Å². The number of hydrogen-bond acceptors (Lipinski definition) is 6. The van der Waals surface area contributed by atoms with E-state index in [4.69, 9.17) is 11.6 Å². The van der Waals surface area contributed by atoms with E-state index in [1.54, 1.807) is 53.6 Å². The van der Waals surface area contributed by atoms with Crippen LogP contribution in [-0.2, 0) is 0 Å². The molecular weight excluding hydrogens is 504 g/mol. The predicted octanol–water partition coefficient (Wildman–Crippen LogP) is 3.00. The molecule has 2 aromatic carbocycles. The topological polar surface area (TPSA) is 97.9 Å². The van der Waals surface area contributed by atoms with E-state index >= 15 is 0 Å². The second-order valence-corrected chi connectivity index (χ2v) is 9.70. The van der Waals surface area contributed by atoms with Gasteiger partial charge in [0.05, 0.1) is 16.9 Å². The predicted molar refractivity (Wildman–Crippen MR) is 147 cm³/mol. The van der Waals surface area contributed by atoms with Crippen LogP contribution in [0.5, 0.6) is 0 Å². The van der Waals surface area contributed by atoms with Crippen molar-refractivity contribution in [2.45, 2.75) is 0 Å². The molecular formula is C28H29ClN6O3. The average molecular weight is 533 g/mol. The quantitative estimate of drug-likeness (QED) is 0.524. The highest BCUT2D eigenvalue weighted by molar-refractivity contribution is 6.31. The van der Waals surface area contributed by atoms with Gasteiger partial charge in [0, 0.05) is 80.9 Å². The largest absolute Gasteiger partial charge is 0.366 e. The smallest absolute Gasteiger partial charge is 0.257 e. The fourth-order valence-electron chi connectivity index (χ4n) is 4.74. The normalized spacial score (nSPS) is 15.8. The maximum Gasteiger partial charge on any atom is 0.257 e. The molecule has 0 atom stereocenters. The van der Waals surface area contributed by atoms with Crippen LogP contribution in [0, 0.1) is 0 Å². The molecule has 3 amide bonds. The Morgan fingerprint density at radius 1 is 0.789 bits per heavy atom. The first-order chi connectivity index (χ1) is 18.5. The number of halogens is 1. The van der Waals surface area contributed by atoms with Crippen LogP contribution in [0.25, 0.3) is 0 Å². The summed E-state index contributed by atoms with van der Waals surface area (Å²) in [5.74, 6) is -0.429. The zero-order chi connectivity index (χ0) is 26.5. The van der Waals surface area contributed by atoms with Gasteiger partial charge in [-0.25, -0.2) is 0 Å². The van der Waals surface area contributed by atoms with Gasteiger partial charge in [-0.2, -0.15) is 0 Å². The first-order valence-electron chi connectivity index (χ1n) is 12.6. The van der Waals surface area contributed by atoms with Crippen LogP contribution in [0.1, 0.15) is 31.1 Å². The Kier molecular flexibility index (Phi) is 7.86. The highest BCUT2D eigenvalue weighted by Gasteiger charge is 2.26. The van der Waals surface area contributed by atoms with Gasteiger partial charge in [0.25, 0.3) is 17.7 Å². The van der Waals surface area contributed by atoms with E-state index in [1.807, 2.05) is 17.0 Å². The monoisotopic (exact) mass is 532 g/mol. The van der Waals surface area contributed by atoms with Crippen molar-refractivity contribution in [1.29, 1.82) is 0 Å². The van der Waals surface area contributed by atoms with Gasteiger partial charge in [0.15, 0.2) is 0 Å². The Morgan fingerprint density at radius 3 is 2.16 bits per heavy atom. The molecule has 2 N–H and O–H groups in total. The summed E-state index contributed by atoms with van der Waals surface area (Å²) in [6.45, 7) is 4.98. The summed E-state index contributed by atoms with van der Waals surface area (Å²) >= 11 is 6.07. The molecule has 3 heterocycles. The van der Waals surface area contributed by atoms with Gasteiger partial charge in [-0.1, -0.05) is 17.7 Å². The van der Waals surface area contributed by atoms with Crippen LogP contribution in [0.4, 0.5) is 11.4 Å². The van der Waals surface area contributed by atoms with Crippen LogP contribution >= 0.6 is 11.6 Å². The van der Waals surface area contributed by atoms with Crippen molar-refractivity contribution >= 4 is 40.7 Å². The third-order valence-electron chi connectivity index (χ3n) is 6.80. The molecule has 9 nitrogen and oxygen atoms in total. The minimum atomic E-state index is -0.305. The molecule has 2 aliphatic heterocycles. The molecule has 0 spiro atoms. The third kappa shape index (κ3) is 5.79. The van der Waals surface area contributed by atoms with Gasteiger partial charge in [0.1, 0.15) is 0 Å². The lowest BCUT2D eigenvalue weighted by Gasteiger charge is -2.37. The van der Waals surface area contributed by atoms with Gasteiger partial charge in [-0.05, 0) is 48.5 Å². The Hall–Kier alpha value is -3.95. The molecule has 2 aliphatic rings. The van der Waals surface area contributed by atoms with Crippen LogP contribution in [0.15, 0.2) is 67.0 Å². The number of benzene rings is 2. The fourth-order valence-corrected chi connectivity index (χ4v) is 4.93. The average Bonchev–Trinajstić information content (AvgIpc) is 2.97. The molecule has 3 aromatic rings. The summed E-state index contributed by atoms with van der Waals surface area (Å²) < 4.78 is 0. The molecule has 2 fully saturated rings. The number of nitrogens with zero attached hydrogens (tertiary/aromatic N) is 4. The summed E-state index contributed by atoms with van der Waals surface area (Å²) in [5, 5.41) is 6.77. The van der Waals surface area contributed by atoms with Gasteiger partial charge in [0.2, 0.25) is 0 Å². The van der Waals surface area contributed by atoms with Crippen molar-refractivity contribution in [2.24, 2.45) is 0 Å². The Morgan fingerprint density at radius 2 is 1.47 bits per heavy atom. The lowest BCUT2D eigenvalue weighted by atomic mass is 10.1. The molecule has 5 rings (SSSR count). The second-order valence-electron chi connectivity index (χ2n) is 9.26. The summed E-state index contributed by atoms with van der Waals surface area (Å²) in [5.41, 5.74) is 2.86. The van der Waals surface area contributed by atoms with E-state index in [0.717, 1.165) is 18.8 Å². The van der Waals surface area contributed by atoms with Crippen LogP contribution in [0.2, 0.25) is 5.02 Å². The Bertz CT molecular complexity index is 1320. The van der Waals surface area contributed by atoms with Crippen molar-refractivity contribution in [2.75, 3.05) is 62.6 Å². The zero-order valence-corrected chi connectivity index (χ0v) is 21.7. The highest BCUT2D eigenvalue weighted by atomic mass is 35.5. The van der Waals surface area contributed by atoms with Gasteiger partial charge in [-0.3, -0.25) is 19.4 Å². The molecule has 0 radical (unpaired) electrons. The Labute approximate surface area is 226 Å². The molecule has 0 bridgehead atoms. The molecule has 2 saturated heterocycles. The minimum Gasteiger partial charge on any atom is -0.366 e. The number of nitrogens with one attached hydrogen (secondary N) is 2. The molecule has 0 unspecified atom stereocenters. The lowest BCUT2D eigenvalue weighted by molar-refractivity contribution is 0.0731. The number of aromatic nitrogens is 1. The van der Waals surface area contributed by atoms with E-state index in [0.29, 0.717) is 66.7 Å². The van der Waals surface area contributed by atoms with Gasteiger partial charge < -0.3 is 25.3 Å². The first kappa shape index (κ1) is 25.7. The molecule has 196 valence electrons. The van der Waals surface area contributed by atoms with E-state index in [2.05, 4.69) is 20.5 Å². The van der Waals surface area contributed by atoms with E-state index in [9.17, 15) is 14.4 Å². The van der Waals surface area contributed by atoms with Crippen molar-refractivity contribution in [1.82, 2.24) is 20.1 Å². The van der Waals surface area contributed by atoms with Crippen molar-refractivity contribution < 1.29 is 14.4 Å². The third-order valence-corrected chi connectivity index (χ3v) is 7.03. The molecule has 0 aliphatic carbocycles. The van der Waals surface area contributed by atoms with Crippen molar-refractivity contribution in [3.63, 3.8) is 0 Å². The maximum atomic E-state index is 13.2. The van der Waals surface area contributed by atoms with E-state index in [1.165, 1.54) is 6.20 Å². The zero-order valence-electron chi connectivity index (χ0n) is 20.9. The highest BCUT2D eigenvalue weighted by Crippen LogP contribution is 2.30. The molecule has 10 heteroatoms. The number of amides is 3. The standard InChI is InChI=1S/C28H29ClN6O3/c29-23-5-1-3-20(17-23)27(37)35-15-13-33(14-16-35)25-7-6-21(28(38)34-11-9-30-10-12-34)18-24(25)32-26(36)22-4-2-8-31-19-22/h1-8,17-19,30H,9-16H2,(H,32,36). The van der Waals surface area contributed by atoms with Crippen LogP contribution in [-0.4, -0.2) is 84.9 Å². The Balaban J connectivity index is 1.36. The second kappa shape index (κ2) is 11.6. The maximum absolute atomic E-state index is 13.2. The minimum absolute atomic E-state index is 0.0609. The lowest BCUT2D eigenvalue weighted by Crippen LogP contribution is -2.49. The van der Waals surface area contributed by atoms with Crippen LogP contribution < -0.4 is 15.5 Å². The van der Waals surface area contributed by atoms with Gasteiger partial charge >= 0.3 is 0 Å². The summed E-state index contributed by atoms with van der Waals surface area (Å²) in [4.78, 5) is 49.0. The first-order valence-corrected chi connectivity index (χ1v) is 13.0. The molecule has 0 saturated carbocycles. The molecule has 1 aromatic heterocycles. The number of piperazine rings is 2. The SMILES string of the molecule is O=C(Nc1cc(C(=O)N2CCNCC2)ccc1N1CCN(C(=O)c2cccc(Cl)c2)CC1)c1cccnc1. The number of pyridine rings is 1. The number of hydrogen-bond donors (Lipinski definition) is 2. The van der Waals surface area contributed by atoms with Crippen LogP contribution in [0.3, 0.4) is 0 Å².